The molecule has 3 heterocycles. The molecule has 0 amide bonds. The van der Waals surface area contributed by atoms with Gasteiger partial charge in [-0.25, -0.2) is 4.98 Å². The number of anilines is 2. The molecule has 1 aliphatic heterocycles. The molecule has 10 heteroatoms. The van der Waals surface area contributed by atoms with Crippen molar-refractivity contribution >= 4 is 34.3 Å². The molecule has 0 aliphatic carbocycles. The van der Waals surface area contributed by atoms with Crippen LogP contribution >= 0.6 is 11.6 Å². The normalized spacial score (nSPS) is 14.0. The number of ether oxygens (including phenoxy) is 2. The number of benzene rings is 2. The molecule has 2 aromatic heterocycles. The number of halogens is 1. The van der Waals surface area contributed by atoms with Crippen LogP contribution in [-0.4, -0.2) is 59.8 Å². The smallest absolute Gasteiger partial charge is 0.260 e. The van der Waals surface area contributed by atoms with E-state index >= 15 is 0 Å². The Morgan fingerprint density at radius 1 is 1.12 bits per heavy atom. The number of likely N-dealkylation sites (tertiary alicyclic amines) is 1. The van der Waals surface area contributed by atoms with Gasteiger partial charge >= 0.3 is 0 Å². The van der Waals surface area contributed by atoms with Crippen molar-refractivity contribution in [3.63, 3.8) is 0 Å². The topological polar surface area (TPSA) is 93.5 Å². The second kappa shape index (κ2) is 13.3. The lowest BCUT2D eigenvalue weighted by molar-refractivity contribution is 0.263. The number of nitrogens with one attached hydrogen (secondary N) is 2. The zero-order valence-electron chi connectivity index (χ0n) is 24.8. The number of piperidine rings is 1. The van der Waals surface area contributed by atoms with Crippen LogP contribution in [0.1, 0.15) is 18.4 Å². The van der Waals surface area contributed by atoms with Gasteiger partial charge < -0.3 is 25.0 Å². The molecule has 9 nitrogen and oxygen atoms in total. The van der Waals surface area contributed by atoms with Crippen molar-refractivity contribution in [3.8, 4) is 22.6 Å². The molecule has 0 radical (unpaired) electrons. The van der Waals surface area contributed by atoms with E-state index in [1.165, 1.54) is 7.11 Å². The van der Waals surface area contributed by atoms with Crippen molar-refractivity contribution in [2.24, 2.45) is 0 Å². The number of aromatic nitrogens is 3. The molecule has 0 saturated carbocycles. The van der Waals surface area contributed by atoms with Gasteiger partial charge in [0.2, 0.25) is 5.95 Å². The van der Waals surface area contributed by atoms with Crippen LogP contribution < -0.4 is 25.7 Å². The van der Waals surface area contributed by atoms with E-state index in [2.05, 4.69) is 40.7 Å². The van der Waals surface area contributed by atoms with Gasteiger partial charge in [0.25, 0.3) is 5.56 Å². The molecule has 1 aliphatic rings. The van der Waals surface area contributed by atoms with E-state index in [0.717, 1.165) is 48.3 Å². The third-order valence-electron chi connectivity index (χ3n) is 7.77. The summed E-state index contributed by atoms with van der Waals surface area (Å²) in [6.07, 6.45) is 6.05. The summed E-state index contributed by atoms with van der Waals surface area (Å²) in [6.45, 7) is 10.1. The van der Waals surface area contributed by atoms with Gasteiger partial charge in [-0.1, -0.05) is 36.9 Å². The highest BCUT2D eigenvalue weighted by Crippen LogP contribution is 2.38. The fraction of sp³-hybridized carbons (Fsp3) is 0.303. The number of nitrogens with zero attached hydrogens (tertiary/aromatic N) is 4. The van der Waals surface area contributed by atoms with Gasteiger partial charge in [0.15, 0.2) is 0 Å². The Kier molecular flexibility index (Phi) is 9.33. The number of pyridine rings is 1. The summed E-state index contributed by atoms with van der Waals surface area (Å²) in [5.74, 6) is 1.47. The standard InChI is InChI=1S/C33H37ClN6O3/c1-6-21(2)36-24-9-7-22(8-10-24)11-16-40-31-23(20-35-33(38-31)37-25-12-14-39(3)15-13-25)17-28(32(40)41)27-18-26(42-4)19-29(43-5)30(27)34/h6-10,17-20,25,36H,1-2,11-16H2,3-5H3,(H,35,37,38). The Labute approximate surface area is 256 Å². The minimum Gasteiger partial charge on any atom is -0.497 e. The third kappa shape index (κ3) is 6.84. The largest absolute Gasteiger partial charge is 0.497 e. The number of hydrogen-bond acceptors (Lipinski definition) is 8. The lowest BCUT2D eigenvalue weighted by Crippen LogP contribution is -2.37. The van der Waals surface area contributed by atoms with Crippen molar-refractivity contribution in [3.05, 3.63) is 94.5 Å². The van der Waals surface area contributed by atoms with Crippen LogP contribution in [0.5, 0.6) is 11.5 Å². The van der Waals surface area contributed by atoms with E-state index in [9.17, 15) is 4.79 Å². The summed E-state index contributed by atoms with van der Waals surface area (Å²) >= 11 is 6.73. The molecule has 1 saturated heterocycles. The fourth-order valence-electron chi connectivity index (χ4n) is 5.23. The van der Waals surface area contributed by atoms with Gasteiger partial charge in [-0.05, 0) is 75.3 Å². The van der Waals surface area contributed by atoms with Crippen molar-refractivity contribution in [2.75, 3.05) is 45.0 Å². The molecule has 0 spiro atoms. The molecular formula is C33H37ClN6O3. The molecule has 1 fully saturated rings. The first-order chi connectivity index (χ1) is 20.8. The molecule has 0 atom stereocenters. The SMILES string of the molecule is C=CC(=C)Nc1ccc(CCn2c(=O)c(-c3cc(OC)cc(OC)c3Cl)cc3cnc(NC4CCN(C)CC4)nc32)cc1. The molecule has 0 unspecified atom stereocenters. The highest BCUT2D eigenvalue weighted by Gasteiger charge is 2.21. The van der Waals surface area contributed by atoms with Crippen LogP contribution in [0.25, 0.3) is 22.2 Å². The number of methoxy groups -OCH3 is 2. The Morgan fingerprint density at radius 2 is 1.86 bits per heavy atom. The first-order valence-corrected chi connectivity index (χ1v) is 14.6. The van der Waals surface area contributed by atoms with Crippen LogP contribution in [0.2, 0.25) is 5.02 Å². The quantitative estimate of drug-likeness (QED) is 0.203. The second-order valence-electron chi connectivity index (χ2n) is 10.7. The predicted octanol–water partition coefficient (Wildman–Crippen LogP) is 5.99. The average molecular weight is 601 g/mol. The van der Waals surface area contributed by atoms with Gasteiger partial charge in [0.05, 0.1) is 19.2 Å². The van der Waals surface area contributed by atoms with Gasteiger partial charge in [0.1, 0.15) is 17.1 Å². The van der Waals surface area contributed by atoms with E-state index in [0.29, 0.717) is 52.2 Å². The van der Waals surface area contributed by atoms with Gasteiger partial charge in [-0.2, -0.15) is 4.98 Å². The monoisotopic (exact) mass is 600 g/mol. The minimum atomic E-state index is -0.214. The maximum absolute atomic E-state index is 14.2. The molecule has 43 heavy (non-hydrogen) atoms. The van der Waals surface area contributed by atoms with E-state index in [1.807, 2.05) is 24.3 Å². The van der Waals surface area contributed by atoms with Crippen molar-refractivity contribution in [1.29, 1.82) is 0 Å². The zero-order chi connectivity index (χ0) is 30.5. The Balaban J connectivity index is 1.55. The first-order valence-electron chi connectivity index (χ1n) is 14.2. The van der Waals surface area contributed by atoms with Crippen LogP contribution in [0.15, 0.2) is 78.4 Å². The van der Waals surface area contributed by atoms with E-state index in [1.54, 1.807) is 42.1 Å². The maximum Gasteiger partial charge on any atom is 0.260 e. The third-order valence-corrected chi connectivity index (χ3v) is 8.16. The Bertz CT molecular complexity index is 1690. The van der Waals surface area contributed by atoms with Crippen molar-refractivity contribution in [1.82, 2.24) is 19.4 Å². The number of allylic oxidation sites excluding steroid dienone is 1. The number of hydrogen-bond donors (Lipinski definition) is 2. The summed E-state index contributed by atoms with van der Waals surface area (Å²) in [6, 6.07) is 13.5. The molecule has 224 valence electrons. The maximum atomic E-state index is 14.2. The highest BCUT2D eigenvalue weighted by atomic mass is 35.5. The molecule has 5 rings (SSSR count). The summed E-state index contributed by atoms with van der Waals surface area (Å²) in [5.41, 5.74) is 3.98. The summed E-state index contributed by atoms with van der Waals surface area (Å²) in [7, 11) is 5.22. The van der Waals surface area contributed by atoms with Crippen LogP contribution in [0.4, 0.5) is 11.6 Å². The number of rotatable bonds is 11. The van der Waals surface area contributed by atoms with E-state index in [-0.39, 0.29) is 11.6 Å². The van der Waals surface area contributed by atoms with Crippen LogP contribution in [0.3, 0.4) is 0 Å². The van der Waals surface area contributed by atoms with E-state index in [4.69, 9.17) is 26.1 Å². The molecule has 4 aromatic rings. The summed E-state index contributed by atoms with van der Waals surface area (Å²) < 4.78 is 12.7. The molecule has 2 aromatic carbocycles. The van der Waals surface area contributed by atoms with Gasteiger partial charge in [0, 0.05) is 52.7 Å². The van der Waals surface area contributed by atoms with E-state index < -0.39 is 0 Å². The fourth-order valence-corrected chi connectivity index (χ4v) is 5.52. The minimum absolute atomic E-state index is 0.214. The Hall–Kier alpha value is -4.34. The number of aryl methyl sites for hydroxylation is 2. The summed E-state index contributed by atoms with van der Waals surface area (Å²) in [5, 5.41) is 7.73. The predicted molar refractivity (Wildman–Crippen MR) is 175 cm³/mol. The zero-order valence-corrected chi connectivity index (χ0v) is 25.6. The number of fused-ring (bicyclic) bond motifs is 1. The lowest BCUT2D eigenvalue weighted by Gasteiger charge is -2.29. The second-order valence-corrected chi connectivity index (χ2v) is 11.1. The Morgan fingerprint density at radius 3 is 2.53 bits per heavy atom. The summed E-state index contributed by atoms with van der Waals surface area (Å²) in [4.78, 5) is 26.0. The van der Waals surface area contributed by atoms with Crippen molar-refractivity contribution in [2.45, 2.75) is 31.8 Å². The molecule has 2 N–H and O–H groups in total. The van der Waals surface area contributed by atoms with Gasteiger partial charge in [-0.3, -0.25) is 9.36 Å². The molecule has 0 bridgehead atoms. The van der Waals surface area contributed by atoms with Crippen molar-refractivity contribution < 1.29 is 9.47 Å². The molecular weight excluding hydrogens is 564 g/mol. The first kappa shape index (κ1) is 30.1. The van der Waals surface area contributed by atoms with Crippen LogP contribution in [0, 0.1) is 0 Å². The lowest BCUT2D eigenvalue weighted by atomic mass is 10.0. The van der Waals surface area contributed by atoms with Gasteiger partial charge in [-0.15, -0.1) is 0 Å². The average Bonchev–Trinajstić information content (AvgIpc) is 3.02. The van der Waals surface area contributed by atoms with Crippen LogP contribution in [-0.2, 0) is 13.0 Å². The highest BCUT2D eigenvalue weighted by molar-refractivity contribution is 6.35.